The summed E-state index contributed by atoms with van der Waals surface area (Å²) >= 11 is 0. The summed E-state index contributed by atoms with van der Waals surface area (Å²) in [4.78, 5) is -2.39. The Morgan fingerprint density at radius 1 is 0.517 bits per heavy atom. The average molecular weight is 979 g/mol. The van der Waals surface area contributed by atoms with Crippen LogP contribution in [0.1, 0.15) is 11.1 Å². The quantitative estimate of drug-likeness (QED) is 0.0793. The number of hydrogen-bond acceptors (Lipinski definition) is 10. The molecule has 0 fully saturated rings. The highest BCUT2D eigenvalue weighted by Gasteiger charge is 2.37. The number of hydrogen-bond donors (Lipinski definition) is 0. The van der Waals surface area contributed by atoms with E-state index in [0.717, 1.165) is 42.5 Å². The first kappa shape index (κ1) is 43.7. The van der Waals surface area contributed by atoms with Crippen LogP contribution in [0.3, 0.4) is 0 Å². The first-order chi connectivity index (χ1) is 26.6. The zero-order valence-electron chi connectivity index (χ0n) is 27.2. The molecule has 1 aliphatic rings. The SMILES string of the molecule is O=S(=O)(Cl)c1cc2c(c(Oc3c(F)c(F)c(-c4c(F)c(F)c(Oc5cc(S(=O)(=O)Cl)cc6cc(S(=O)(=O)Cl)ccc56)c(F)c4F)c(F)c3F)c1)C=CC(S(=O)(=O)Cl)C2. The average Bonchev–Trinajstić information content (AvgIpc) is 3.12. The molecule has 0 amide bonds. The molecule has 308 valence electrons. The molecule has 1 aliphatic carbocycles. The summed E-state index contributed by atoms with van der Waals surface area (Å²) in [5, 5.41) is -2.22. The molecule has 1 unspecified atom stereocenters. The van der Waals surface area contributed by atoms with Gasteiger partial charge in [-0.3, -0.25) is 0 Å². The van der Waals surface area contributed by atoms with E-state index in [0.29, 0.717) is 12.1 Å². The Hall–Kier alpha value is -3.90. The third-order valence-corrected chi connectivity index (χ3v) is 14.0. The summed E-state index contributed by atoms with van der Waals surface area (Å²) in [7, 11) is 3.15. The maximum atomic E-state index is 15.6. The van der Waals surface area contributed by atoms with Gasteiger partial charge in [-0.05, 0) is 47.7 Å². The van der Waals surface area contributed by atoms with E-state index < -0.39 is 143 Å². The normalized spacial score (nSPS) is 14.8. The van der Waals surface area contributed by atoms with E-state index in [-0.39, 0.29) is 21.9 Å². The van der Waals surface area contributed by atoms with Crippen LogP contribution in [0.4, 0.5) is 35.1 Å². The largest absolute Gasteiger partial charge is 0.450 e. The van der Waals surface area contributed by atoms with Crippen LogP contribution in [-0.2, 0) is 42.6 Å². The standard InChI is InChI=1S/C32H12Cl4F8O10S4/c33-55(45,46)13-1-3-17-11(5-13)7-15(57(35,49)50)9-19(17)53-31-27(41)23(37)21(24(38)28(31)42)22-25(39)29(43)32(30(44)26(22)40)54-20-10-16(58(36,51)52)8-12-6-14(56(34,47)48)2-4-18(12)20/h1-5,7-10,14H,6H2. The Morgan fingerprint density at radius 2 is 0.931 bits per heavy atom. The topological polar surface area (TPSA) is 155 Å². The minimum Gasteiger partial charge on any atom is -0.450 e. The first-order valence-electron chi connectivity index (χ1n) is 14.9. The van der Waals surface area contributed by atoms with E-state index in [4.69, 9.17) is 52.2 Å². The number of ether oxygens (including phenoxy) is 2. The summed E-state index contributed by atoms with van der Waals surface area (Å²) in [6, 6.07) is 5.07. The molecule has 0 bridgehead atoms. The highest BCUT2D eigenvalue weighted by molar-refractivity contribution is 8.14. The van der Waals surface area contributed by atoms with Crippen LogP contribution in [0.15, 0.2) is 63.2 Å². The van der Waals surface area contributed by atoms with Crippen molar-refractivity contribution < 1.29 is 78.3 Å². The Bertz CT molecular complexity index is 3090. The van der Waals surface area contributed by atoms with Gasteiger partial charge in [0.25, 0.3) is 27.2 Å². The van der Waals surface area contributed by atoms with E-state index >= 15 is 35.1 Å². The van der Waals surface area contributed by atoms with Gasteiger partial charge in [0.05, 0.1) is 31.1 Å². The van der Waals surface area contributed by atoms with E-state index in [9.17, 15) is 33.7 Å². The van der Waals surface area contributed by atoms with Gasteiger partial charge in [0.2, 0.25) is 43.8 Å². The van der Waals surface area contributed by atoms with E-state index in [2.05, 4.69) is 0 Å². The van der Waals surface area contributed by atoms with Crippen molar-refractivity contribution in [1.29, 1.82) is 0 Å². The molecule has 0 heterocycles. The fourth-order valence-electron chi connectivity index (χ4n) is 5.65. The molecule has 10 nitrogen and oxygen atoms in total. The molecule has 0 radical (unpaired) electrons. The van der Waals surface area contributed by atoms with Crippen LogP contribution in [-0.4, -0.2) is 38.9 Å². The Balaban J connectivity index is 1.49. The second-order valence-corrected chi connectivity index (χ2v) is 22.4. The maximum Gasteiger partial charge on any atom is 0.261 e. The molecule has 0 saturated heterocycles. The van der Waals surface area contributed by atoms with Gasteiger partial charge in [0.15, 0.2) is 23.3 Å². The highest BCUT2D eigenvalue weighted by Crippen LogP contribution is 2.46. The monoisotopic (exact) mass is 976 g/mol. The number of halogens is 12. The molecule has 0 aliphatic heterocycles. The Morgan fingerprint density at radius 3 is 1.38 bits per heavy atom. The maximum absolute atomic E-state index is 15.6. The van der Waals surface area contributed by atoms with Gasteiger partial charge in [-0.2, -0.15) is 17.6 Å². The Labute approximate surface area is 338 Å². The minimum absolute atomic E-state index is 0.221. The molecular formula is C32H12Cl4F8O10S4. The fraction of sp³-hybridized carbons (Fsp3) is 0.0625. The van der Waals surface area contributed by atoms with Crippen molar-refractivity contribution in [3.63, 3.8) is 0 Å². The van der Waals surface area contributed by atoms with E-state index in [1.807, 2.05) is 0 Å². The smallest absolute Gasteiger partial charge is 0.261 e. The minimum atomic E-state index is -4.75. The van der Waals surface area contributed by atoms with Crippen molar-refractivity contribution in [2.45, 2.75) is 26.4 Å². The number of benzene rings is 5. The fourth-order valence-corrected chi connectivity index (χ4v) is 9.03. The lowest BCUT2D eigenvalue weighted by molar-refractivity contribution is 0.360. The molecule has 6 rings (SSSR count). The molecule has 5 aromatic carbocycles. The molecule has 1 atom stereocenters. The first-order valence-corrected chi connectivity index (χ1v) is 24.2. The number of fused-ring (bicyclic) bond motifs is 2. The predicted octanol–water partition coefficient (Wildman–Crippen LogP) is 9.49. The van der Waals surface area contributed by atoms with Crippen molar-refractivity contribution in [1.82, 2.24) is 0 Å². The Kier molecular flexibility index (Phi) is 11.3. The molecule has 0 N–H and O–H groups in total. The molecule has 0 aromatic heterocycles. The van der Waals surface area contributed by atoms with Crippen molar-refractivity contribution in [2.75, 3.05) is 0 Å². The summed E-state index contributed by atoms with van der Waals surface area (Å²) in [5.74, 6) is -27.2. The molecular weight excluding hydrogens is 966 g/mol. The van der Waals surface area contributed by atoms with Crippen molar-refractivity contribution in [3.8, 4) is 34.1 Å². The van der Waals surface area contributed by atoms with Crippen molar-refractivity contribution >= 4 is 95.8 Å². The van der Waals surface area contributed by atoms with Crippen LogP contribution in [0.5, 0.6) is 23.0 Å². The molecule has 0 spiro atoms. The molecule has 0 saturated carbocycles. The lowest BCUT2D eigenvalue weighted by atomic mass is 9.96. The molecule has 26 heteroatoms. The van der Waals surface area contributed by atoms with Gasteiger partial charge in [-0.1, -0.05) is 12.2 Å². The summed E-state index contributed by atoms with van der Waals surface area (Å²) < 4.78 is 230. The lowest BCUT2D eigenvalue weighted by Gasteiger charge is -2.21. The predicted molar refractivity (Wildman–Crippen MR) is 192 cm³/mol. The second-order valence-electron chi connectivity index (χ2n) is 11.8. The van der Waals surface area contributed by atoms with Gasteiger partial charge in [0, 0.05) is 65.8 Å². The molecule has 5 aromatic rings. The lowest BCUT2D eigenvalue weighted by Crippen LogP contribution is -2.20. The third-order valence-electron chi connectivity index (χ3n) is 8.29. The van der Waals surface area contributed by atoms with Crippen molar-refractivity contribution in [2.24, 2.45) is 0 Å². The highest BCUT2D eigenvalue weighted by atomic mass is 35.7. The van der Waals surface area contributed by atoms with E-state index in [1.165, 1.54) is 0 Å². The van der Waals surface area contributed by atoms with Crippen LogP contribution in [0.25, 0.3) is 28.0 Å². The van der Waals surface area contributed by atoms with Gasteiger partial charge < -0.3 is 9.47 Å². The summed E-state index contributed by atoms with van der Waals surface area (Å²) in [6.45, 7) is 0. The van der Waals surface area contributed by atoms with Crippen molar-refractivity contribution in [3.05, 3.63) is 106 Å². The summed E-state index contributed by atoms with van der Waals surface area (Å²) in [5.41, 5.74) is -5.26. The zero-order valence-corrected chi connectivity index (χ0v) is 33.5. The molecule has 58 heavy (non-hydrogen) atoms. The van der Waals surface area contributed by atoms with Gasteiger partial charge in [-0.15, -0.1) is 0 Å². The van der Waals surface area contributed by atoms with Crippen LogP contribution >= 0.6 is 42.7 Å². The third kappa shape index (κ3) is 8.04. The number of rotatable bonds is 9. The summed E-state index contributed by atoms with van der Waals surface area (Å²) in [6.07, 6.45) is 1.33. The van der Waals surface area contributed by atoms with Crippen LogP contribution in [0.2, 0.25) is 0 Å². The van der Waals surface area contributed by atoms with Gasteiger partial charge in [0.1, 0.15) is 11.5 Å². The van der Waals surface area contributed by atoms with Crippen LogP contribution in [0, 0.1) is 46.5 Å². The van der Waals surface area contributed by atoms with Gasteiger partial charge in [-0.25, -0.2) is 51.2 Å². The van der Waals surface area contributed by atoms with E-state index in [1.54, 1.807) is 0 Å². The second kappa shape index (κ2) is 15.0. The van der Waals surface area contributed by atoms with Gasteiger partial charge >= 0.3 is 0 Å². The zero-order chi connectivity index (χ0) is 43.2. The van der Waals surface area contributed by atoms with Crippen LogP contribution < -0.4 is 9.47 Å².